The van der Waals surface area contributed by atoms with E-state index in [1.807, 2.05) is 11.8 Å². The molecule has 0 aliphatic rings. The van der Waals surface area contributed by atoms with Crippen molar-refractivity contribution in [1.82, 2.24) is 5.32 Å². The number of nitrogens with one attached hydrogen (secondary N) is 1. The molecule has 0 amide bonds. The van der Waals surface area contributed by atoms with Gasteiger partial charge in [-0.25, -0.2) is 0 Å². The summed E-state index contributed by atoms with van der Waals surface area (Å²) in [5.74, 6) is 2.05. The minimum Gasteiger partial charge on any atom is -0.314 e. The van der Waals surface area contributed by atoms with Crippen molar-refractivity contribution in [2.45, 2.75) is 39.7 Å². The smallest absolute Gasteiger partial charge is 0.00874 e. The summed E-state index contributed by atoms with van der Waals surface area (Å²) >= 11 is 1.93. The van der Waals surface area contributed by atoms with Crippen LogP contribution in [0.15, 0.2) is 0 Å². The average Bonchev–Trinajstić information content (AvgIpc) is 2.04. The Bertz CT molecular complexity index is 93.8. The molecular formula is C10H23NS. The van der Waals surface area contributed by atoms with E-state index >= 15 is 0 Å². The number of rotatable bonds is 7. The van der Waals surface area contributed by atoms with Crippen molar-refractivity contribution in [1.29, 1.82) is 0 Å². The molecule has 2 heteroatoms. The van der Waals surface area contributed by atoms with Gasteiger partial charge in [0.15, 0.2) is 0 Å². The van der Waals surface area contributed by atoms with Crippen LogP contribution in [0.2, 0.25) is 0 Å². The molecule has 0 aromatic carbocycles. The second-order valence-electron chi connectivity index (χ2n) is 3.56. The van der Waals surface area contributed by atoms with Gasteiger partial charge in [-0.05, 0) is 37.3 Å². The van der Waals surface area contributed by atoms with Gasteiger partial charge in [0.25, 0.3) is 0 Å². The lowest BCUT2D eigenvalue weighted by Gasteiger charge is -2.20. The van der Waals surface area contributed by atoms with Gasteiger partial charge in [-0.15, -0.1) is 0 Å². The Kier molecular flexibility index (Phi) is 8.14. The first-order valence-electron chi connectivity index (χ1n) is 4.94. The van der Waals surface area contributed by atoms with Gasteiger partial charge in [0.1, 0.15) is 0 Å². The molecular weight excluding hydrogens is 166 g/mol. The van der Waals surface area contributed by atoms with Gasteiger partial charge in [0.2, 0.25) is 0 Å². The molecule has 12 heavy (non-hydrogen) atoms. The summed E-state index contributed by atoms with van der Waals surface area (Å²) in [6, 6.07) is 0.715. The lowest BCUT2D eigenvalue weighted by molar-refractivity contribution is 0.390. The summed E-state index contributed by atoms with van der Waals surface area (Å²) in [6.45, 7) is 8.01. The molecule has 74 valence electrons. The fraction of sp³-hybridized carbons (Fsp3) is 1.00. The fourth-order valence-electron chi connectivity index (χ4n) is 1.36. The molecule has 1 atom stereocenters. The Morgan fingerprint density at radius 1 is 1.33 bits per heavy atom. The quantitative estimate of drug-likeness (QED) is 0.618. The average molecular weight is 189 g/mol. The van der Waals surface area contributed by atoms with E-state index in [-0.39, 0.29) is 0 Å². The van der Waals surface area contributed by atoms with Crippen molar-refractivity contribution in [2.75, 3.05) is 18.6 Å². The third kappa shape index (κ3) is 5.90. The Hall–Kier alpha value is 0.310. The van der Waals surface area contributed by atoms with Crippen LogP contribution < -0.4 is 5.32 Å². The van der Waals surface area contributed by atoms with Crippen molar-refractivity contribution in [3.05, 3.63) is 0 Å². The first-order valence-corrected chi connectivity index (χ1v) is 6.34. The van der Waals surface area contributed by atoms with Gasteiger partial charge in [-0.1, -0.05) is 20.8 Å². The molecule has 1 N–H and O–H groups in total. The molecule has 0 spiro atoms. The van der Waals surface area contributed by atoms with Crippen LogP contribution in [0.25, 0.3) is 0 Å². The molecule has 0 aliphatic heterocycles. The van der Waals surface area contributed by atoms with Gasteiger partial charge >= 0.3 is 0 Å². The van der Waals surface area contributed by atoms with Gasteiger partial charge in [0.05, 0.1) is 0 Å². The number of hydrogen-bond donors (Lipinski definition) is 1. The second-order valence-corrected chi connectivity index (χ2v) is 4.54. The van der Waals surface area contributed by atoms with E-state index in [0.717, 1.165) is 5.92 Å². The minimum atomic E-state index is 0.715. The van der Waals surface area contributed by atoms with Crippen LogP contribution >= 0.6 is 11.8 Å². The second kappa shape index (κ2) is 7.93. The summed E-state index contributed by atoms with van der Waals surface area (Å²) in [4.78, 5) is 0. The van der Waals surface area contributed by atoms with Crippen LogP contribution in [-0.4, -0.2) is 24.6 Å². The van der Waals surface area contributed by atoms with Crippen LogP contribution in [-0.2, 0) is 0 Å². The van der Waals surface area contributed by atoms with Crippen molar-refractivity contribution in [3.8, 4) is 0 Å². The van der Waals surface area contributed by atoms with E-state index in [1.54, 1.807) is 0 Å². The molecule has 0 aliphatic carbocycles. The molecule has 1 nitrogen and oxygen atoms in total. The molecule has 1 unspecified atom stereocenters. The van der Waals surface area contributed by atoms with Gasteiger partial charge in [-0.3, -0.25) is 0 Å². The number of thioether (sulfide) groups is 1. The maximum Gasteiger partial charge on any atom is 0.00874 e. The van der Waals surface area contributed by atoms with Crippen LogP contribution in [0.3, 0.4) is 0 Å². The standard InChI is InChI=1S/C10H23NS/c1-5-10(9(2)3)11-7-6-8-12-4/h9-11H,5-8H2,1-4H3. The third-order valence-electron chi connectivity index (χ3n) is 2.18. The summed E-state index contributed by atoms with van der Waals surface area (Å²) in [5.41, 5.74) is 0. The lowest BCUT2D eigenvalue weighted by Crippen LogP contribution is -2.33. The van der Waals surface area contributed by atoms with E-state index in [9.17, 15) is 0 Å². The van der Waals surface area contributed by atoms with Crippen molar-refractivity contribution in [3.63, 3.8) is 0 Å². The highest BCUT2D eigenvalue weighted by Crippen LogP contribution is 2.05. The largest absolute Gasteiger partial charge is 0.314 e. The predicted octanol–water partition coefficient (Wildman–Crippen LogP) is 2.76. The molecule has 0 fully saturated rings. The van der Waals surface area contributed by atoms with Crippen LogP contribution in [0, 0.1) is 5.92 Å². The Morgan fingerprint density at radius 3 is 2.42 bits per heavy atom. The van der Waals surface area contributed by atoms with E-state index in [1.165, 1.54) is 25.1 Å². The predicted molar refractivity (Wildman–Crippen MR) is 59.9 cm³/mol. The Labute approximate surface area is 81.7 Å². The molecule has 0 aromatic rings. The van der Waals surface area contributed by atoms with Crippen LogP contribution in [0.5, 0.6) is 0 Å². The molecule has 0 saturated carbocycles. The first kappa shape index (κ1) is 12.3. The summed E-state index contributed by atoms with van der Waals surface area (Å²) in [7, 11) is 0. The molecule has 0 radical (unpaired) electrons. The van der Waals surface area contributed by atoms with Crippen molar-refractivity contribution < 1.29 is 0 Å². The van der Waals surface area contributed by atoms with Gasteiger partial charge in [-0.2, -0.15) is 11.8 Å². The topological polar surface area (TPSA) is 12.0 Å². The molecule has 0 bridgehead atoms. The lowest BCUT2D eigenvalue weighted by atomic mass is 10.0. The van der Waals surface area contributed by atoms with E-state index in [0.29, 0.717) is 6.04 Å². The van der Waals surface area contributed by atoms with Crippen molar-refractivity contribution in [2.24, 2.45) is 5.92 Å². The summed E-state index contributed by atoms with van der Waals surface area (Å²) < 4.78 is 0. The molecule has 0 rings (SSSR count). The molecule has 0 saturated heterocycles. The fourth-order valence-corrected chi connectivity index (χ4v) is 1.79. The van der Waals surface area contributed by atoms with E-state index in [2.05, 4.69) is 32.3 Å². The summed E-state index contributed by atoms with van der Waals surface area (Å²) in [5, 5.41) is 3.59. The zero-order valence-corrected chi connectivity index (χ0v) is 9.71. The molecule has 0 heterocycles. The maximum atomic E-state index is 3.59. The highest BCUT2D eigenvalue weighted by atomic mass is 32.2. The zero-order valence-electron chi connectivity index (χ0n) is 8.89. The minimum absolute atomic E-state index is 0.715. The number of hydrogen-bond acceptors (Lipinski definition) is 2. The normalized spacial score (nSPS) is 13.8. The third-order valence-corrected chi connectivity index (χ3v) is 2.87. The maximum absolute atomic E-state index is 3.59. The van der Waals surface area contributed by atoms with E-state index in [4.69, 9.17) is 0 Å². The summed E-state index contributed by atoms with van der Waals surface area (Å²) in [6.07, 6.45) is 4.71. The SMILES string of the molecule is CCC(NCCCSC)C(C)C. The molecule has 0 aromatic heterocycles. The van der Waals surface area contributed by atoms with Crippen LogP contribution in [0.4, 0.5) is 0 Å². The Morgan fingerprint density at radius 2 is 2.00 bits per heavy atom. The zero-order chi connectivity index (χ0) is 9.40. The van der Waals surface area contributed by atoms with Gasteiger partial charge < -0.3 is 5.32 Å². The Balaban J connectivity index is 3.32. The highest BCUT2D eigenvalue weighted by molar-refractivity contribution is 7.98. The van der Waals surface area contributed by atoms with Gasteiger partial charge in [0, 0.05) is 6.04 Å². The monoisotopic (exact) mass is 189 g/mol. The van der Waals surface area contributed by atoms with E-state index < -0.39 is 0 Å². The van der Waals surface area contributed by atoms with Crippen molar-refractivity contribution >= 4 is 11.8 Å². The van der Waals surface area contributed by atoms with Crippen LogP contribution in [0.1, 0.15) is 33.6 Å². The highest BCUT2D eigenvalue weighted by Gasteiger charge is 2.08. The first-order chi connectivity index (χ1) is 5.72.